The molecule has 1 unspecified atom stereocenters. The van der Waals surface area contributed by atoms with Gasteiger partial charge in [-0.05, 0) is 32.4 Å². The molecular formula is C13H17NO2. The van der Waals surface area contributed by atoms with E-state index in [0.717, 1.165) is 11.3 Å². The van der Waals surface area contributed by atoms with Crippen molar-refractivity contribution in [2.45, 2.75) is 38.8 Å². The van der Waals surface area contributed by atoms with Crippen molar-refractivity contribution < 1.29 is 9.90 Å². The lowest BCUT2D eigenvalue weighted by Gasteiger charge is -2.37. The summed E-state index contributed by atoms with van der Waals surface area (Å²) in [6.07, 6.45) is 0.600. The molecule has 1 aliphatic rings. The lowest BCUT2D eigenvalue weighted by molar-refractivity contribution is -0.138. The molecule has 0 bridgehead atoms. The molecular weight excluding hydrogens is 202 g/mol. The summed E-state index contributed by atoms with van der Waals surface area (Å²) in [7, 11) is 0. The Morgan fingerprint density at radius 1 is 1.38 bits per heavy atom. The molecule has 0 spiro atoms. The van der Waals surface area contributed by atoms with Crippen molar-refractivity contribution in [3.63, 3.8) is 0 Å². The van der Waals surface area contributed by atoms with Crippen molar-refractivity contribution in [3.8, 4) is 0 Å². The number of para-hydroxylation sites is 1. The van der Waals surface area contributed by atoms with Crippen LogP contribution < -0.4 is 4.90 Å². The molecule has 3 heteroatoms. The minimum atomic E-state index is -0.744. The summed E-state index contributed by atoms with van der Waals surface area (Å²) in [5.41, 5.74) is 2.02. The van der Waals surface area contributed by atoms with E-state index in [0.29, 0.717) is 6.42 Å². The lowest BCUT2D eigenvalue weighted by atomic mass is 10.0. The zero-order valence-corrected chi connectivity index (χ0v) is 9.90. The molecule has 0 amide bonds. The Bertz CT molecular complexity index is 420. The van der Waals surface area contributed by atoms with Crippen molar-refractivity contribution in [1.82, 2.24) is 0 Å². The maximum absolute atomic E-state index is 11.3. The second kappa shape index (κ2) is 3.51. The average molecular weight is 219 g/mol. The van der Waals surface area contributed by atoms with Crippen LogP contribution in [0.1, 0.15) is 26.3 Å². The first-order chi connectivity index (χ1) is 7.41. The van der Waals surface area contributed by atoms with Gasteiger partial charge in [0.05, 0.1) is 0 Å². The van der Waals surface area contributed by atoms with Gasteiger partial charge in [-0.15, -0.1) is 0 Å². The monoisotopic (exact) mass is 219 g/mol. The molecule has 0 saturated heterocycles. The third-order valence-corrected chi connectivity index (χ3v) is 2.98. The van der Waals surface area contributed by atoms with Crippen molar-refractivity contribution >= 4 is 11.7 Å². The van der Waals surface area contributed by atoms with E-state index in [2.05, 4.69) is 0 Å². The molecule has 16 heavy (non-hydrogen) atoms. The Labute approximate surface area is 95.7 Å². The van der Waals surface area contributed by atoms with Gasteiger partial charge in [-0.1, -0.05) is 18.2 Å². The van der Waals surface area contributed by atoms with Crippen LogP contribution in [-0.2, 0) is 11.2 Å². The highest BCUT2D eigenvalue weighted by Gasteiger charge is 2.39. The van der Waals surface area contributed by atoms with Crippen LogP contribution in [0.15, 0.2) is 24.3 Å². The molecule has 1 N–H and O–H groups in total. The fraction of sp³-hybridized carbons (Fsp3) is 0.462. The molecule has 0 aliphatic carbocycles. The predicted octanol–water partition coefficient (Wildman–Crippen LogP) is 2.30. The largest absolute Gasteiger partial charge is 0.480 e. The molecule has 1 aliphatic heterocycles. The van der Waals surface area contributed by atoms with Gasteiger partial charge in [-0.25, -0.2) is 4.79 Å². The Morgan fingerprint density at radius 3 is 2.56 bits per heavy atom. The van der Waals surface area contributed by atoms with Crippen molar-refractivity contribution in [2.75, 3.05) is 4.90 Å². The van der Waals surface area contributed by atoms with E-state index in [-0.39, 0.29) is 5.54 Å². The Hall–Kier alpha value is -1.51. The van der Waals surface area contributed by atoms with E-state index in [9.17, 15) is 9.90 Å². The molecule has 2 rings (SSSR count). The summed E-state index contributed by atoms with van der Waals surface area (Å²) < 4.78 is 0. The van der Waals surface area contributed by atoms with E-state index >= 15 is 0 Å². The van der Waals surface area contributed by atoms with E-state index in [1.54, 1.807) is 0 Å². The number of hydrogen-bond donors (Lipinski definition) is 1. The molecule has 0 aromatic heterocycles. The van der Waals surface area contributed by atoms with Crippen molar-refractivity contribution in [2.24, 2.45) is 0 Å². The number of hydrogen-bond acceptors (Lipinski definition) is 2. The zero-order valence-electron chi connectivity index (χ0n) is 9.90. The van der Waals surface area contributed by atoms with Crippen LogP contribution in [0.25, 0.3) is 0 Å². The number of rotatable bonds is 1. The number of nitrogens with zero attached hydrogens (tertiary/aromatic N) is 1. The minimum absolute atomic E-state index is 0.171. The number of carboxylic acids is 1. The molecule has 86 valence electrons. The van der Waals surface area contributed by atoms with Crippen molar-refractivity contribution in [1.29, 1.82) is 0 Å². The Balaban J connectivity index is 2.48. The van der Waals surface area contributed by atoms with Gasteiger partial charge < -0.3 is 10.0 Å². The van der Waals surface area contributed by atoms with Crippen LogP contribution in [-0.4, -0.2) is 22.7 Å². The fourth-order valence-corrected chi connectivity index (χ4v) is 2.41. The van der Waals surface area contributed by atoms with Crippen LogP contribution in [0, 0.1) is 0 Å². The van der Waals surface area contributed by atoms with Crippen LogP contribution in [0.3, 0.4) is 0 Å². The van der Waals surface area contributed by atoms with Gasteiger partial charge in [0.25, 0.3) is 0 Å². The molecule has 1 aromatic rings. The SMILES string of the molecule is CC(C)(C)N1c2ccccc2CC1C(=O)O. The van der Waals surface area contributed by atoms with Gasteiger partial charge in [-0.3, -0.25) is 0 Å². The van der Waals surface area contributed by atoms with Crippen LogP contribution in [0.5, 0.6) is 0 Å². The number of fused-ring (bicyclic) bond motifs is 1. The van der Waals surface area contributed by atoms with Gasteiger partial charge >= 0.3 is 5.97 Å². The second-order valence-electron chi connectivity index (χ2n) is 5.23. The van der Waals surface area contributed by atoms with Crippen molar-refractivity contribution in [3.05, 3.63) is 29.8 Å². The standard InChI is InChI=1S/C13H17NO2/c1-13(2,3)14-10-7-5-4-6-9(10)8-11(14)12(15)16/h4-7,11H,8H2,1-3H3,(H,15,16). The van der Waals surface area contributed by atoms with Crippen LogP contribution in [0.4, 0.5) is 5.69 Å². The van der Waals surface area contributed by atoms with E-state index in [4.69, 9.17) is 0 Å². The van der Waals surface area contributed by atoms with Gasteiger partial charge in [0.15, 0.2) is 0 Å². The van der Waals surface area contributed by atoms with E-state index in [1.165, 1.54) is 0 Å². The molecule has 1 aromatic carbocycles. The minimum Gasteiger partial charge on any atom is -0.480 e. The molecule has 3 nitrogen and oxygen atoms in total. The molecule has 0 saturated carbocycles. The highest BCUT2D eigenvalue weighted by Crippen LogP contribution is 2.37. The molecule has 1 heterocycles. The van der Waals surface area contributed by atoms with Gasteiger partial charge in [-0.2, -0.15) is 0 Å². The topological polar surface area (TPSA) is 40.5 Å². The second-order valence-corrected chi connectivity index (χ2v) is 5.23. The van der Waals surface area contributed by atoms with Crippen LogP contribution in [0.2, 0.25) is 0 Å². The quantitative estimate of drug-likeness (QED) is 0.788. The summed E-state index contributed by atoms with van der Waals surface area (Å²) in [5.74, 6) is -0.744. The average Bonchev–Trinajstić information content (AvgIpc) is 2.55. The molecule has 1 atom stereocenters. The summed E-state index contributed by atoms with van der Waals surface area (Å²) in [4.78, 5) is 13.3. The Kier molecular flexibility index (Phi) is 2.41. The smallest absolute Gasteiger partial charge is 0.326 e. The van der Waals surface area contributed by atoms with Gasteiger partial charge in [0.2, 0.25) is 0 Å². The predicted molar refractivity (Wildman–Crippen MR) is 63.8 cm³/mol. The Morgan fingerprint density at radius 2 is 2.00 bits per heavy atom. The number of aliphatic carboxylic acids is 1. The number of benzene rings is 1. The molecule has 0 fully saturated rings. The lowest BCUT2D eigenvalue weighted by Crippen LogP contribution is -2.49. The normalized spacial score (nSPS) is 19.7. The number of carbonyl (C=O) groups is 1. The van der Waals surface area contributed by atoms with E-state index < -0.39 is 12.0 Å². The first kappa shape index (κ1) is 11.0. The summed E-state index contributed by atoms with van der Waals surface area (Å²) in [5, 5.41) is 9.28. The van der Waals surface area contributed by atoms with Crippen LogP contribution >= 0.6 is 0 Å². The maximum Gasteiger partial charge on any atom is 0.326 e. The zero-order chi connectivity index (χ0) is 11.9. The summed E-state index contributed by atoms with van der Waals surface area (Å²) in [6.45, 7) is 6.14. The first-order valence-electron chi connectivity index (χ1n) is 5.51. The third-order valence-electron chi connectivity index (χ3n) is 2.98. The molecule has 0 radical (unpaired) electrons. The highest BCUT2D eigenvalue weighted by atomic mass is 16.4. The summed E-state index contributed by atoms with van der Waals surface area (Å²) >= 11 is 0. The van der Waals surface area contributed by atoms with E-state index in [1.807, 2.05) is 49.9 Å². The third kappa shape index (κ3) is 1.66. The van der Waals surface area contributed by atoms with Gasteiger partial charge in [0.1, 0.15) is 6.04 Å². The van der Waals surface area contributed by atoms with Gasteiger partial charge in [0, 0.05) is 17.6 Å². The fourth-order valence-electron chi connectivity index (χ4n) is 2.41. The maximum atomic E-state index is 11.3. The number of anilines is 1. The number of carboxylic acid groups (broad SMARTS) is 1. The highest BCUT2D eigenvalue weighted by molar-refractivity contribution is 5.83. The summed E-state index contributed by atoms with van der Waals surface area (Å²) in [6, 6.07) is 7.50. The first-order valence-corrected chi connectivity index (χ1v) is 5.51.